The second kappa shape index (κ2) is 6.32. The first-order valence-electron chi connectivity index (χ1n) is 6.82. The topological polar surface area (TPSA) is 43.7 Å². The molecule has 1 aliphatic rings. The summed E-state index contributed by atoms with van der Waals surface area (Å²) in [6.07, 6.45) is 1.80. The summed E-state index contributed by atoms with van der Waals surface area (Å²) in [5.74, 6) is 0.412. The lowest BCUT2D eigenvalue weighted by Gasteiger charge is -2.35. The molecule has 0 saturated carbocycles. The summed E-state index contributed by atoms with van der Waals surface area (Å²) in [7, 11) is 0. The zero-order valence-electron chi connectivity index (χ0n) is 11.0. The number of aliphatic hydroxyl groups excluding tert-OH is 2. The maximum atomic E-state index is 9.87. The second-order valence-electron chi connectivity index (χ2n) is 5.23. The summed E-state index contributed by atoms with van der Waals surface area (Å²) in [6.45, 7) is 5.15. The Hall–Kier alpha value is -0.900. The molecule has 0 amide bonds. The Kier molecular flexibility index (Phi) is 4.75. The summed E-state index contributed by atoms with van der Waals surface area (Å²) < 4.78 is 0. The van der Waals surface area contributed by atoms with Crippen LogP contribution in [0.2, 0.25) is 0 Å². The average Bonchev–Trinajstić information content (AvgIpc) is 2.42. The molecule has 0 aromatic heterocycles. The van der Waals surface area contributed by atoms with Gasteiger partial charge in [-0.25, -0.2) is 0 Å². The van der Waals surface area contributed by atoms with Crippen molar-refractivity contribution in [3.63, 3.8) is 0 Å². The first-order chi connectivity index (χ1) is 8.72. The predicted octanol–water partition coefficient (Wildman–Crippen LogP) is 1.77. The van der Waals surface area contributed by atoms with Crippen molar-refractivity contribution in [2.45, 2.75) is 39.0 Å². The maximum Gasteiger partial charge on any atom is 0.0681 e. The molecule has 3 nitrogen and oxygen atoms in total. The average molecular weight is 249 g/mol. The highest BCUT2D eigenvalue weighted by Crippen LogP contribution is 2.21. The summed E-state index contributed by atoms with van der Waals surface area (Å²) in [6, 6.07) is 8.12. The molecule has 2 atom stereocenters. The van der Waals surface area contributed by atoms with Gasteiger partial charge < -0.3 is 10.2 Å². The molecule has 0 radical (unpaired) electrons. The first kappa shape index (κ1) is 13.5. The maximum absolute atomic E-state index is 9.87. The summed E-state index contributed by atoms with van der Waals surface area (Å²) >= 11 is 0. The van der Waals surface area contributed by atoms with Crippen LogP contribution in [0.15, 0.2) is 24.3 Å². The van der Waals surface area contributed by atoms with Gasteiger partial charge in [0.05, 0.1) is 12.7 Å². The molecule has 1 heterocycles. The zero-order chi connectivity index (χ0) is 13.0. The van der Waals surface area contributed by atoms with Crippen LogP contribution in [0.1, 0.15) is 30.9 Å². The van der Waals surface area contributed by atoms with E-state index in [4.69, 9.17) is 5.11 Å². The fourth-order valence-corrected chi connectivity index (χ4v) is 2.65. The Labute approximate surface area is 109 Å². The molecule has 1 saturated heterocycles. The number of likely N-dealkylation sites (tertiary alicyclic amines) is 1. The summed E-state index contributed by atoms with van der Waals surface area (Å²) in [5, 5.41) is 18.9. The van der Waals surface area contributed by atoms with Crippen molar-refractivity contribution in [3.8, 4) is 0 Å². The molecule has 1 fully saturated rings. The number of piperidine rings is 1. The van der Waals surface area contributed by atoms with Gasteiger partial charge in [-0.2, -0.15) is 0 Å². The minimum absolute atomic E-state index is 0.105. The molecular formula is C15H23NO2. The highest BCUT2D eigenvalue weighted by Gasteiger charge is 2.25. The molecule has 2 unspecified atom stereocenters. The van der Waals surface area contributed by atoms with Crippen molar-refractivity contribution in [1.29, 1.82) is 0 Å². The molecule has 1 aliphatic heterocycles. The smallest absolute Gasteiger partial charge is 0.0681 e. The SMILES string of the molecule is CCC1CN(Cc2ccc(CO)cc2)CCC1O. The van der Waals surface area contributed by atoms with Crippen molar-refractivity contribution >= 4 is 0 Å². The van der Waals surface area contributed by atoms with Gasteiger partial charge in [0, 0.05) is 19.6 Å². The van der Waals surface area contributed by atoms with Crippen LogP contribution >= 0.6 is 0 Å². The van der Waals surface area contributed by atoms with Crippen LogP contribution < -0.4 is 0 Å². The van der Waals surface area contributed by atoms with Crippen LogP contribution in [-0.2, 0) is 13.2 Å². The van der Waals surface area contributed by atoms with E-state index in [1.807, 2.05) is 12.1 Å². The van der Waals surface area contributed by atoms with E-state index >= 15 is 0 Å². The molecule has 1 aromatic rings. The van der Waals surface area contributed by atoms with E-state index in [1.54, 1.807) is 0 Å². The third-order valence-electron chi connectivity index (χ3n) is 3.91. The summed E-state index contributed by atoms with van der Waals surface area (Å²) in [4.78, 5) is 2.41. The number of benzene rings is 1. The highest BCUT2D eigenvalue weighted by molar-refractivity contribution is 5.21. The van der Waals surface area contributed by atoms with Gasteiger partial charge >= 0.3 is 0 Å². The van der Waals surface area contributed by atoms with E-state index in [2.05, 4.69) is 24.0 Å². The van der Waals surface area contributed by atoms with Gasteiger partial charge in [-0.05, 0) is 29.9 Å². The number of rotatable bonds is 4. The van der Waals surface area contributed by atoms with Gasteiger partial charge in [-0.3, -0.25) is 4.90 Å². The van der Waals surface area contributed by atoms with Gasteiger partial charge in [-0.1, -0.05) is 31.2 Å². The van der Waals surface area contributed by atoms with Crippen LogP contribution in [0.25, 0.3) is 0 Å². The molecular weight excluding hydrogens is 226 g/mol. The van der Waals surface area contributed by atoms with Crippen LogP contribution in [-0.4, -0.2) is 34.3 Å². The monoisotopic (exact) mass is 249 g/mol. The van der Waals surface area contributed by atoms with E-state index in [9.17, 15) is 5.11 Å². The molecule has 18 heavy (non-hydrogen) atoms. The van der Waals surface area contributed by atoms with E-state index < -0.39 is 0 Å². The molecule has 100 valence electrons. The predicted molar refractivity (Wildman–Crippen MR) is 72.0 cm³/mol. The van der Waals surface area contributed by atoms with Crippen molar-refractivity contribution < 1.29 is 10.2 Å². The van der Waals surface area contributed by atoms with E-state index in [0.29, 0.717) is 5.92 Å². The Morgan fingerprint density at radius 1 is 1.22 bits per heavy atom. The molecule has 0 spiro atoms. The number of hydrogen-bond acceptors (Lipinski definition) is 3. The van der Waals surface area contributed by atoms with Crippen LogP contribution in [0, 0.1) is 5.92 Å². The quantitative estimate of drug-likeness (QED) is 0.854. The molecule has 0 aliphatic carbocycles. The largest absolute Gasteiger partial charge is 0.393 e. The fourth-order valence-electron chi connectivity index (χ4n) is 2.65. The third-order valence-corrected chi connectivity index (χ3v) is 3.91. The van der Waals surface area contributed by atoms with Crippen molar-refractivity contribution in [1.82, 2.24) is 4.90 Å². The molecule has 1 aromatic carbocycles. The minimum Gasteiger partial charge on any atom is -0.393 e. The Balaban J connectivity index is 1.92. The number of hydrogen-bond donors (Lipinski definition) is 2. The van der Waals surface area contributed by atoms with Crippen molar-refractivity contribution in [3.05, 3.63) is 35.4 Å². The van der Waals surface area contributed by atoms with Crippen molar-refractivity contribution in [2.75, 3.05) is 13.1 Å². The molecule has 2 N–H and O–H groups in total. The second-order valence-corrected chi connectivity index (χ2v) is 5.23. The lowest BCUT2D eigenvalue weighted by molar-refractivity contribution is 0.0222. The van der Waals surface area contributed by atoms with Gasteiger partial charge in [0.1, 0.15) is 0 Å². The fraction of sp³-hybridized carbons (Fsp3) is 0.600. The first-order valence-corrected chi connectivity index (χ1v) is 6.82. The lowest BCUT2D eigenvalue weighted by atomic mass is 9.92. The van der Waals surface area contributed by atoms with Crippen LogP contribution in [0.3, 0.4) is 0 Å². The number of nitrogens with zero attached hydrogens (tertiary/aromatic N) is 1. The Morgan fingerprint density at radius 2 is 1.89 bits per heavy atom. The normalized spacial score (nSPS) is 25.3. The zero-order valence-corrected chi connectivity index (χ0v) is 11.0. The van der Waals surface area contributed by atoms with Gasteiger partial charge in [-0.15, -0.1) is 0 Å². The van der Waals surface area contributed by atoms with E-state index in [0.717, 1.165) is 38.0 Å². The van der Waals surface area contributed by atoms with E-state index in [-0.39, 0.29) is 12.7 Å². The molecule has 0 bridgehead atoms. The van der Waals surface area contributed by atoms with Crippen LogP contribution in [0.5, 0.6) is 0 Å². The van der Waals surface area contributed by atoms with E-state index in [1.165, 1.54) is 5.56 Å². The summed E-state index contributed by atoms with van der Waals surface area (Å²) in [5.41, 5.74) is 2.23. The standard InChI is InChI=1S/C15H23NO2/c1-2-14-10-16(8-7-15(14)18)9-12-3-5-13(11-17)6-4-12/h3-6,14-15,17-18H,2,7-11H2,1H3. The van der Waals surface area contributed by atoms with Crippen molar-refractivity contribution in [2.24, 2.45) is 5.92 Å². The third kappa shape index (κ3) is 3.31. The van der Waals surface area contributed by atoms with Gasteiger partial charge in [0.15, 0.2) is 0 Å². The number of aliphatic hydroxyl groups is 2. The highest BCUT2D eigenvalue weighted by atomic mass is 16.3. The van der Waals surface area contributed by atoms with Crippen LogP contribution in [0.4, 0.5) is 0 Å². The Bertz CT molecular complexity index is 363. The van der Waals surface area contributed by atoms with Gasteiger partial charge in [0.2, 0.25) is 0 Å². The lowest BCUT2D eigenvalue weighted by Crippen LogP contribution is -2.42. The Morgan fingerprint density at radius 3 is 2.50 bits per heavy atom. The molecule has 2 rings (SSSR count). The molecule has 3 heteroatoms. The van der Waals surface area contributed by atoms with Gasteiger partial charge in [0.25, 0.3) is 0 Å². The minimum atomic E-state index is -0.122.